The molecule has 3 aromatic rings. The Bertz CT molecular complexity index is 667. The largest absolute Gasteiger partial charge is 0.334 e. The van der Waals surface area contributed by atoms with Gasteiger partial charge in [0.15, 0.2) is 0 Å². The topological polar surface area (TPSA) is 38.9 Å². The molecule has 0 amide bonds. The van der Waals surface area contributed by atoms with Crippen LogP contribution in [0.4, 0.5) is 4.39 Å². The van der Waals surface area contributed by atoms with Crippen molar-refractivity contribution in [1.29, 1.82) is 0 Å². The molecule has 0 saturated carbocycles. The summed E-state index contributed by atoms with van der Waals surface area (Å²) in [6, 6.07) is 13.4. The predicted molar refractivity (Wildman–Crippen MR) is 70.1 cm³/mol. The summed E-state index contributed by atoms with van der Waals surface area (Å²) in [5.74, 6) is 0.0636. The summed E-state index contributed by atoms with van der Waals surface area (Å²) in [5.41, 5.74) is 0.920. The normalized spacial score (nSPS) is 10.6. The Balaban J connectivity index is 2.06. The first-order chi connectivity index (χ1) is 9.25. The summed E-state index contributed by atoms with van der Waals surface area (Å²) in [7, 11) is 0. The number of benzene rings is 2. The van der Waals surface area contributed by atoms with Crippen molar-refractivity contribution in [1.82, 2.24) is 10.1 Å². The van der Waals surface area contributed by atoms with E-state index < -0.39 is 5.82 Å². The summed E-state index contributed by atoms with van der Waals surface area (Å²) in [6.45, 7) is 0. The Kier molecular flexibility index (Phi) is 3.01. The molecule has 0 fully saturated rings. The zero-order valence-corrected chi connectivity index (χ0v) is 10.4. The van der Waals surface area contributed by atoms with Gasteiger partial charge in [-0.3, -0.25) is 0 Å². The highest BCUT2D eigenvalue weighted by Gasteiger charge is 2.15. The van der Waals surface area contributed by atoms with Crippen molar-refractivity contribution in [3.05, 3.63) is 59.4 Å². The van der Waals surface area contributed by atoms with Crippen LogP contribution in [0, 0.1) is 5.82 Å². The number of nitrogens with zero attached hydrogens (tertiary/aromatic N) is 2. The zero-order chi connectivity index (χ0) is 13.2. The van der Waals surface area contributed by atoms with E-state index in [9.17, 15) is 4.39 Å². The molecule has 0 saturated heterocycles. The first-order valence-electron chi connectivity index (χ1n) is 5.59. The molecule has 5 heteroatoms. The monoisotopic (exact) mass is 274 g/mol. The molecule has 0 aliphatic heterocycles. The minimum Gasteiger partial charge on any atom is -0.334 e. The van der Waals surface area contributed by atoms with Crippen molar-refractivity contribution in [2.45, 2.75) is 0 Å². The fraction of sp³-hybridized carbons (Fsp3) is 0. The van der Waals surface area contributed by atoms with E-state index >= 15 is 0 Å². The van der Waals surface area contributed by atoms with Crippen molar-refractivity contribution in [3.8, 4) is 22.8 Å². The van der Waals surface area contributed by atoms with Crippen molar-refractivity contribution in [2.24, 2.45) is 0 Å². The molecule has 0 atom stereocenters. The van der Waals surface area contributed by atoms with Crippen LogP contribution in [0.2, 0.25) is 5.02 Å². The molecule has 0 spiro atoms. The summed E-state index contributed by atoms with van der Waals surface area (Å²) in [6.07, 6.45) is 0. The molecular weight excluding hydrogens is 267 g/mol. The number of rotatable bonds is 2. The SMILES string of the molecule is Fc1ccccc1-c1nc(-c2ccccc2Cl)no1. The van der Waals surface area contributed by atoms with E-state index in [2.05, 4.69) is 10.1 Å². The second kappa shape index (κ2) is 4.82. The van der Waals surface area contributed by atoms with Gasteiger partial charge < -0.3 is 4.52 Å². The van der Waals surface area contributed by atoms with E-state index in [1.807, 2.05) is 12.1 Å². The third-order valence-corrected chi connectivity index (χ3v) is 2.97. The van der Waals surface area contributed by atoms with Crippen molar-refractivity contribution in [3.63, 3.8) is 0 Å². The maximum atomic E-state index is 13.6. The molecule has 0 bridgehead atoms. The van der Waals surface area contributed by atoms with E-state index in [1.54, 1.807) is 30.3 Å². The molecule has 3 nitrogen and oxygen atoms in total. The Hall–Kier alpha value is -2.20. The lowest BCUT2D eigenvalue weighted by atomic mass is 10.2. The van der Waals surface area contributed by atoms with Crippen molar-refractivity contribution in [2.75, 3.05) is 0 Å². The fourth-order valence-electron chi connectivity index (χ4n) is 1.72. The quantitative estimate of drug-likeness (QED) is 0.703. The van der Waals surface area contributed by atoms with E-state index in [1.165, 1.54) is 6.07 Å². The van der Waals surface area contributed by atoms with Gasteiger partial charge in [-0.1, -0.05) is 41.0 Å². The van der Waals surface area contributed by atoms with Gasteiger partial charge in [0.25, 0.3) is 5.89 Å². The predicted octanol–water partition coefficient (Wildman–Crippen LogP) is 4.20. The van der Waals surface area contributed by atoms with E-state index in [-0.39, 0.29) is 11.5 Å². The van der Waals surface area contributed by atoms with Gasteiger partial charge in [-0.25, -0.2) is 4.39 Å². The number of halogens is 2. The summed E-state index contributed by atoms with van der Waals surface area (Å²) < 4.78 is 18.7. The molecular formula is C14H8ClFN2O. The highest BCUT2D eigenvalue weighted by atomic mass is 35.5. The molecule has 1 heterocycles. The van der Waals surface area contributed by atoms with Crippen LogP contribution in [0.25, 0.3) is 22.8 Å². The van der Waals surface area contributed by atoms with Crippen LogP contribution in [0.15, 0.2) is 53.1 Å². The number of hydrogen-bond acceptors (Lipinski definition) is 3. The van der Waals surface area contributed by atoms with Crippen molar-refractivity contribution >= 4 is 11.6 Å². The lowest BCUT2D eigenvalue weighted by Crippen LogP contribution is -1.84. The first kappa shape index (κ1) is 11.9. The lowest BCUT2D eigenvalue weighted by molar-refractivity contribution is 0.429. The van der Waals surface area contributed by atoms with Gasteiger partial charge in [0, 0.05) is 5.56 Å². The molecule has 3 rings (SSSR count). The molecule has 0 aliphatic rings. The van der Waals surface area contributed by atoms with Crippen LogP contribution in [0.3, 0.4) is 0 Å². The zero-order valence-electron chi connectivity index (χ0n) is 9.68. The number of hydrogen-bond donors (Lipinski definition) is 0. The third kappa shape index (κ3) is 2.22. The fourth-order valence-corrected chi connectivity index (χ4v) is 1.94. The Morgan fingerprint density at radius 3 is 2.37 bits per heavy atom. The first-order valence-corrected chi connectivity index (χ1v) is 5.97. The second-order valence-corrected chi connectivity index (χ2v) is 4.29. The van der Waals surface area contributed by atoms with Gasteiger partial charge in [0.05, 0.1) is 10.6 Å². The van der Waals surface area contributed by atoms with Crippen LogP contribution >= 0.6 is 11.6 Å². The number of aromatic nitrogens is 2. The molecule has 0 radical (unpaired) electrons. The molecule has 1 aromatic heterocycles. The second-order valence-electron chi connectivity index (χ2n) is 3.88. The smallest absolute Gasteiger partial charge is 0.261 e. The lowest BCUT2D eigenvalue weighted by Gasteiger charge is -1.96. The van der Waals surface area contributed by atoms with Gasteiger partial charge in [-0.15, -0.1) is 0 Å². The summed E-state index contributed by atoms with van der Waals surface area (Å²) in [5, 5.41) is 4.34. The van der Waals surface area contributed by atoms with Crippen LogP contribution in [0.5, 0.6) is 0 Å². The minimum atomic E-state index is -0.406. The highest BCUT2D eigenvalue weighted by molar-refractivity contribution is 6.33. The van der Waals surface area contributed by atoms with E-state index in [0.29, 0.717) is 16.4 Å². The van der Waals surface area contributed by atoms with Crippen LogP contribution in [-0.2, 0) is 0 Å². The minimum absolute atomic E-state index is 0.132. The molecule has 0 aliphatic carbocycles. The maximum absolute atomic E-state index is 13.6. The molecule has 0 N–H and O–H groups in total. The molecule has 0 unspecified atom stereocenters. The van der Waals surface area contributed by atoms with Crippen LogP contribution in [-0.4, -0.2) is 10.1 Å². The highest BCUT2D eigenvalue weighted by Crippen LogP contribution is 2.28. The van der Waals surface area contributed by atoms with Crippen LogP contribution < -0.4 is 0 Å². The Labute approximate surface area is 113 Å². The Morgan fingerprint density at radius 2 is 1.63 bits per heavy atom. The molecule has 94 valence electrons. The third-order valence-electron chi connectivity index (χ3n) is 2.65. The van der Waals surface area contributed by atoms with Crippen molar-refractivity contribution < 1.29 is 8.91 Å². The van der Waals surface area contributed by atoms with Gasteiger partial charge in [-0.05, 0) is 24.3 Å². The van der Waals surface area contributed by atoms with Gasteiger partial charge in [0.1, 0.15) is 5.82 Å². The maximum Gasteiger partial charge on any atom is 0.261 e. The summed E-state index contributed by atoms with van der Waals surface area (Å²) in [4.78, 5) is 4.17. The molecule has 2 aromatic carbocycles. The van der Waals surface area contributed by atoms with Gasteiger partial charge in [-0.2, -0.15) is 4.98 Å². The standard InChI is InChI=1S/C14H8ClFN2O/c15-11-7-3-1-5-9(11)13-17-14(19-18-13)10-6-2-4-8-12(10)16/h1-8H. The van der Waals surface area contributed by atoms with E-state index in [4.69, 9.17) is 16.1 Å². The summed E-state index contributed by atoms with van der Waals surface area (Å²) >= 11 is 6.05. The van der Waals surface area contributed by atoms with Gasteiger partial charge in [0.2, 0.25) is 5.82 Å². The molecule has 19 heavy (non-hydrogen) atoms. The Morgan fingerprint density at radius 1 is 0.947 bits per heavy atom. The van der Waals surface area contributed by atoms with Gasteiger partial charge >= 0.3 is 0 Å². The average molecular weight is 275 g/mol. The average Bonchev–Trinajstić information content (AvgIpc) is 2.89. The van der Waals surface area contributed by atoms with E-state index in [0.717, 1.165) is 0 Å². The van der Waals surface area contributed by atoms with Crippen LogP contribution in [0.1, 0.15) is 0 Å².